The lowest BCUT2D eigenvalue weighted by molar-refractivity contribution is 0.454. The molecule has 100 valence electrons. The van der Waals surface area contributed by atoms with E-state index in [4.69, 9.17) is 0 Å². The highest BCUT2D eigenvalue weighted by molar-refractivity contribution is 5.53. The first-order valence-corrected chi connectivity index (χ1v) is 6.89. The van der Waals surface area contributed by atoms with Gasteiger partial charge in [0.1, 0.15) is 5.75 Å². The molecule has 18 heavy (non-hydrogen) atoms. The minimum Gasteiger partial charge on any atom is -0.508 e. The Morgan fingerprint density at radius 1 is 1.44 bits per heavy atom. The Morgan fingerprint density at radius 3 is 2.72 bits per heavy atom. The topological polar surface area (TPSA) is 35.5 Å². The molecule has 0 aliphatic heterocycles. The molecule has 1 atom stereocenters. The van der Waals surface area contributed by atoms with Gasteiger partial charge in [-0.25, -0.2) is 0 Å². The lowest BCUT2D eigenvalue weighted by Gasteiger charge is -2.21. The van der Waals surface area contributed by atoms with Gasteiger partial charge in [-0.1, -0.05) is 13.0 Å². The van der Waals surface area contributed by atoms with Crippen molar-refractivity contribution in [2.45, 2.75) is 32.7 Å². The summed E-state index contributed by atoms with van der Waals surface area (Å²) < 4.78 is 0. The van der Waals surface area contributed by atoms with Gasteiger partial charge in [0.05, 0.1) is 0 Å². The smallest absolute Gasteiger partial charge is 0.122 e. The van der Waals surface area contributed by atoms with E-state index in [-0.39, 0.29) is 6.04 Å². The SMILES string of the molecule is CCNC(C)c1ccc(N(C)CC2CC2)cc1O. The summed E-state index contributed by atoms with van der Waals surface area (Å²) >= 11 is 0. The molecule has 2 N–H and O–H groups in total. The summed E-state index contributed by atoms with van der Waals surface area (Å²) in [5.41, 5.74) is 2.08. The molecule has 1 aromatic carbocycles. The van der Waals surface area contributed by atoms with Crippen molar-refractivity contribution in [3.8, 4) is 5.75 Å². The molecule has 1 unspecified atom stereocenters. The van der Waals surface area contributed by atoms with Crippen LogP contribution < -0.4 is 10.2 Å². The van der Waals surface area contributed by atoms with Crippen molar-refractivity contribution in [1.82, 2.24) is 5.32 Å². The predicted molar refractivity (Wildman–Crippen MR) is 76.2 cm³/mol. The molecule has 1 saturated carbocycles. The van der Waals surface area contributed by atoms with Gasteiger partial charge in [-0.2, -0.15) is 0 Å². The van der Waals surface area contributed by atoms with E-state index in [0.717, 1.165) is 30.3 Å². The lowest BCUT2D eigenvalue weighted by Crippen LogP contribution is -2.20. The van der Waals surface area contributed by atoms with Crippen LogP contribution in [0.5, 0.6) is 5.75 Å². The molecule has 1 fully saturated rings. The summed E-state index contributed by atoms with van der Waals surface area (Å²) in [7, 11) is 2.10. The quantitative estimate of drug-likeness (QED) is 0.812. The fourth-order valence-electron chi connectivity index (χ4n) is 2.34. The first-order valence-electron chi connectivity index (χ1n) is 6.89. The molecule has 0 amide bonds. The molecular formula is C15H24N2O. The number of phenols is 1. The van der Waals surface area contributed by atoms with Gasteiger partial charge in [0.2, 0.25) is 0 Å². The number of phenolic OH excluding ortho intramolecular Hbond substituents is 1. The third-order valence-corrected chi connectivity index (χ3v) is 3.66. The number of nitrogens with one attached hydrogen (secondary N) is 1. The van der Waals surface area contributed by atoms with Crippen molar-refractivity contribution in [1.29, 1.82) is 0 Å². The molecule has 3 heteroatoms. The summed E-state index contributed by atoms with van der Waals surface area (Å²) in [6, 6.07) is 6.20. The molecule has 1 aliphatic carbocycles. The molecule has 0 spiro atoms. The van der Waals surface area contributed by atoms with Crippen LogP contribution in [0, 0.1) is 5.92 Å². The Bertz CT molecular complexity index is 401. The van der Waals surface area contributed by atoms with Crippen LogP contribution in [-0.4, -0.2) is 25.2 Å². The third-order valence-electron chi connectivity index (χ3n) is 3.66. The van der Waals surface area contributed by atoms with Crippen molar-refractivity contribution in [2.75, 3.05) is 25.0 Å². The summed E-state index contributed by atoms with van der Waals surface area (Å²) in [5, 5.41) is 13.4. The second-order valence-corrected chi connectivity index (χ2v) is 5.35. The van der Waals surface area contributed by atoms with E-state index >= 15 is 0 Å². The van der Waals surface area contributed by atoms with E-state index in [0.29, 0.717) is 5.75 Å². The van der Waals surface area contributed by atoms with Gasteiger partial charge in [0.25, 0.3) is 0 Å². The zero-order chi connectivity index (χ0) is 13.1. The van der Waals surface area contributed by atoms with Crippen molar-refractivity contribution < 1.29 is 5.11 Å². The third kappa shape index (κ3) is 3.16. The van der Waals surface area contributed by atoms with Gasteiger partial charge in [0, 0.05) is 37.0 Å². The first-order chi connectivity index (χ1) is 8.61. The second kappa shape index (κ2) is 5.61. The molecule has 0 bridgehead atoms. The van der Waals surface area contributed by atoms with Crippen molar-refractivity contribution in [3.63, 3.8) is 0 Å². The Kier molecular flexibility index (Phi) is 4.12. The Hall–Kier alpha value is -1.22. The van der Waals surface area contributed by atoms with Crippen LogP contribution in [0.25, 0.3) is 0 Å². The molecule has 1 aromatic rings. The van der Waals surface area contributed by atoms with Gasteiger partial charge < -0.3 is 15.3 Å². The highest BCUT2D eigenvalue weighted by Crippen LogP contribution is 2.33. The molecule has 1 aliphatic rings. The summed E-state index contributed by atoms with van der Waals surface area (Å²) in [6.07, 6.45) is 2.71. The highest BCUT2D eigenvalue weighted by Gasteiger charge is 2.23. The fraction of sp³-hybridized carbons (Fsp3) is 0.600. The predicted octanol–water partition coefficient (Wildman–Crippen LogP) is 2.91. The van der Waals surface area contributed by atoms with Crippen LogP contribution in [0.1, 0.15) is 38.3 Å². The Morgan fingerprint density at radius 2 is 2.17 bits per heavy atom. The summed E-state index contributed by atoms with van der Waals surface area (Å²) in [5.74, 6) is 1.25. The molecular weight excluding hydrogens is 224 g/mol. The Balaban J connectivity index is 2.07. The van der Waals surface area contributed by atoms with Gasteiger partial charge in [-0.3, -0.25) is 0 Å². The average molecular weight is 248 g/mol. The molecule has 0 aromatic heterocycles. The fourth-order valence-corrected chi connectivity index (χ4v) is 2.34. The largest absolute Gasteiger partial charge is 0.508 e. The molecule has 0 radical (unpaired) electrons. The second-order valence-electron chi connectivity index (χ2n) is 5.35. The first kappa shape index (κ1) is 13.2. The minimum absolute atomic E-state index is 0.192. The number of hydrogen-bond donors (Lipinski definition) is 2. The zero-order valence-electron chi connectivity index (χ0n) is 11.6. The minimum atomic E-state index is 0.192. The van der Waals surface area contributed by atoms with Crippen LogP contribution in [0.4, 0.5) is 5.69 Å². The number of nitrogens with zero attached hydrogens (tertiary/aromatic N) is 1. The van der Waals surface area contributed by atoms with E-state index in [1.165, 1.54) is 12.8 Å². The van der Waals surface area contributed by atoms with E-state index in [9.17, 15) is 5.11 Å². The van der Waals surface area contributed by atoms with Crippen molar-refractivity contribution >= 4 is 5.69 Å². The maximum Gasteiger partial charge on any atom is 0.122 e. The highest BCUT2D eigenvalue weighted by atomic mass is 16.3. The zero-order valence-corrected chi connectivity index (χ0v) is 11.6. The lowest BCUT2D eigenvalue weighted by atomic mass is 10.1. The van der Waals surface area contributed by atoms with Crippen molar-refractivity contribution in [2.24, 2.45) is 5.92 Å². The summed E-state index contributed by atoms with van der Waals surface area (Å²) in [6.45, 7) is 6.16. The standard InChI is InChI=1S/C15H24N2O/c1-4-16-11(2)14-8-7-13(9-15(14)18)17(3)10-12-5-6-12/h7-9,11-12,16,18H,4-6,10H2,1-3H3. The van der Waals surface area contributed by atoms with Crippen molar-refractivity contribution in [3.05, 3.63) is 23.8 Å². The maximum absolute atomic E-state index is 10.1. The van der Waals surface area contributed by atoms with Crippen LogP contribution in [0.2, 0.25) is 0 Å². The molecule has 3 nitrogen and oxygen atoms in total. The van der Waals surface area contributed by atoms with Gasteiger partial charge in [0.15, 0.2) is 0 Å². The maximum atomic E-state index is 10.1. The number of aromatic hydroxyl groups is 1. The van der Waals surface area contributed by atoms with Crippen LogP contribution >= 0.6 is 0 Å². The van der Waals surface area contributed by atoms with Gasteiger partial charge >= 0.3 is 0 Å². The van der Waals surface area contributed by atoms with Gasteiger partial charge in [-0.05, 0) is 38.3 Å². The van der Waals surface area contributed by atoms with Crippen LogP contribution in [0.3, 0.4) is 0 Å². The van der Waals surface area contributed by atoms with E-state index < -0.39 is 0 Å². The average Bonchev–Trinajstić information content (AvgIpc) is 3.13. The van der Waals surface area contributed by atoms with Crippen LogP contribution in [0.15, 0.2) is 18.2 Å². The number of benzene rings is 1. The monoisotopic (exact) mass is 248 g/mol. The molecule has 0 heterocycles. The number of hydrogen-bond acceptors (Lipinski definition) is 3. The van der Waals surface area contributed by atoms with E-state index in [1.54, 1.807) is 0 Å². The van der Waals surface area contributed by atoms with E-state index in [2.05, 4.69) is 37.2 Å². The number of anilines is 1. The van der Waals surface area contributed by atoms with E-state index in [1.807, 2.05) is 12.1 Å². The van der Waals surface area contributed by atoms with Gasteiger partial charge in [-0.15, -0.1) is 0 Å². The van der Waals surface area contributed by atoms with Crippen LogP contribution in [-0.2, 0) is 0 Å². The molecule has 2 rings (SSSR count). The molecule has 0 saturated heterocycles. The Labute approximate surface area is 110 Å². The summed E-state index contributed by atoms with van der Waals surface area (Å²) in [4.78, 5) is 2.24. The normalized spacial score (nSPS) is 16.6. The number of rotatable bonds is 6.